The van der Waals surface area contributed by atoms with Crippen LogP contribution in [0.3, 0.4) is 0 Å². The average molecular weight is 354 g/mol. The van der Waals surface area contributed by atoms with Crippen molar-refractivity contribution in [1.29, 1.82) is 0 Å². The van der Waals surface area contributed by atoms with Gasteiger partial charge >= 0.3 is 0 Å². The molecular weight excluding hydrogens is 328 g/mol. The Morgan fingerprint density at radius 1 is 1.00 bits per heavy atom. The second-order valence-electron chi connectivity index (χ2n) is 6.24. The summed E-state index contributed by atoms with van der Waals surface area (Å²) in [6.45, 7) is 2.57. The molecule has 2 aromatic carbocycles. The van der Waals surface area contributed by atoms with Gasteiger partial charge in [0.05, 0.1) is 13.7 Å². The van der Waals surface area contributed by atoms with Crippen LogP contribution in [-0.4, -0.2) is 48.9 Å². The van der Waals surface area contributed by atoms with E-state index in [0.29, 0.717) is 19.5 Å². The molecule has 0 fully saturated rings. The Hall–Kier alpha value is -2.82. The third-order valence-electron chi connectivity index (χ3n) is 4.30. The quantitative estimate of drug-likeness (QED) is 0.732. The van der Waals surface area contributed by atoms with Crippen LogP contribution < -0.4 is 4.74 Å². The summed E-state index contributed by atoms with van der Waals surface area (Å²) >= 11 is 0. The number of carbonyl (C=O) groups is 2. The molecule has 0 unspecified atom stereocenters. The van der Waals surface area contributed by atoms with Crippen molar-refractivity contribution in [2.45, 2.75) is 19.9 Å². The van der Waals surface area contributed by atoms with Crippen molar-refractivity contribution in [3.63, 3.8) is 0 Å². The zero-order valence-electron chi connectivity index (χ0n) is 15.6. The summed E-state index contributed by atoms with van der Waals surface area (Å²) < 4.78 is 5.35. The smallest absolute Gasteiger partial charge is 0.242 e. The van der Waals surface area contributed by atoms with Gasteiger partial charge in [-0.1, -0.05) is 48.5 Å². The maximum atomic E-state index is 12.5. The Kier molecular flexibility index (Phi) is 7.21. The molecule has 0 aliphatic heterocycles. The first-order chi connectivity index (χ1) is 12.5. The van der Waals surface area contributed by atoms with E-state index in [2.05, 4.69) is 0 Å². The molecule has 5 heteroatoms. The Labute approximate surface area is 155 Å². The highest BCUT2D eigenvalue weighted by Gasteiger charge is 2.17. The van der Waals surface area contributed by atoms with Crippen LogP contribution in [0.2, 0.25) is 0 Å². The van der Waals surface area contributed by atoms with Gasteiger partial charge in [-0.15, -0.1) is 0 Å². The summed E-state index contributed by atoms with van der Waals surface area (Å²) in [5.41, 5.74) is 2.08. The number of likely N-dealkylation sites (N-methyl/N-ethyl adjacent to an activating group) is 1. The Balaban J connectivity index is 1.94. The number of nitrogens with zero attached hydrogens (tertiary/aromatic N) is 2. The largest absolute Gasteiger partial charge is 0.496 e. The minimum Gasteiger partial charge on any atom is -0.496 e. The van der Waals surface area contributed by atoms with Crippen LogP contribution in [0.5, 0.6) is 5.75 Å². The van der Waals surface area contributed by atoms with Gasteiger partial charge in [-0.05, 0) is 23.6 Å². The van der Waals surface area contributed by atoms with Crippen LogP contribution >= 0.6 is 0 Å². The Morgan fingerprint density at radius 2 is 1.65 bits per heavy atom. The topological polar surface area (TPSA) is 49.9 Å². The maximum absolute atomic E-state index is 12.5. The third kappa shape index (κ3) is 5.62. The monoisotopic (exact) mass is 354 g/mol. The molecule has 0 saturated carbocycles. The van der Waals surface area contributed by atoms with Crippen LogP contribution in [0.4, 0.5) is 0 Å². The van der Waals surface area contributed by atoms with Gasteiger partial charge in [-0.2, -0.15) is 0 Å². The van der Waals surface area contributed by atoms with Crippen molar-refractivity contribution in [1.82, 2.24) is 9.80 Å². The number of benzene rings is 2. The highest BCUT2D eigenvalue weighted by atomic mass is 16.5. The zero-order chi connectivity index (χ0) is 18.9. The molecule has 0 N–H and O–H groups in total. The van der Waals surface area contributed by atoms with Gasteiger partial charge in [0.15, 0.2) is 0 Å². The van der Waals surface area contributed by atoms with Crippen molar-refractivity contribution in [2.24, 2.45) is 0 Å². The SMILES string of the molecule is COc1ccccc1CCN(CC(=O)N(C)Cc1ccccc1)C(C)=O. The zero-order valence-corrected chi connectivity index (χ0v) is 15.6. The molecule has 5 nitrogen and oxygen atoms in total. The van der Waals surface area contributed by atoms with Gasteiger partial charge in [-0.3, -0.25) is 9.59 Å². The van der Waals surface area contributed by atoms with E-state index < -0.39 is 0 Å². The second-order valence-corrected chi connectivity index (χ2v) is 6.24. The lowest BCUT2D eigenvalue weighted by molar-refractivity contribution is -0.138. The molecule has 26 heavy (non-hydrogen) atoms. The lowest BCUT2D eigenvalue weighted by Crippen LogP contribution is -2.41. The normalized spacial score (nSPS) is 10.3. The van der Waals surface area contributed by atoms with Gasteiger partial charge in [0.2, 0.25) is 11.8 Å². The molecule has 0 aliphatic carbocycles. The van der Waals surface area contributed by atoms with E-state index in [1.165, 1.54) is 6.92 Å². The number of methoxy groups -OCH3 is 1. The summed E-state index contributed by atoms with van der Waals surface area (Å²) in [6.07, 6.45) is 0.638. The highest BCUT2D eigenvalue weighted by Crippen LogP contribution is 2.18. The van der Waals surface area contributed by atoms with E-state index in [0.717, 1.165) is 16.9 Å². The van der Waals surface area contributed by atoms with E-state index in [4.69, 9.17) is 4.74 Å². The van der Waals surface area contributed by atoms with Crippen molar-refractivity contribution >= 4 is 11.8 Å². The number of hydrogen-bond acceptors (Lipinski definition) is 3. The second kappa shape index (κ2) is 9.61. The fourth-order valence-electron chi connectivity index (χ4n) is 2.74. The van der Waals surface area contributed by atoms with Crippen LogP contribution in [-0.2, 0) is 22.6 Å². The number of para-hydroxylation sites is 1. The van der Waals surface area contributed by atoms with Gasteiger partial charge < -0.3 is 14.5 Å². The van der Waals surface area contributed by atoms with Crippen LogP contribution in [0.1, 0.15) is 18.1 Å². The summed E-state index contributed by atoms with van der Waals surface area (Å²) in [7, 11) is 3.39. The molecule has 2 aromatic rings. The molecule has 2 rings (SSSR count). The molecule has 0 aromatic heterocycles. The molecule has 0 saturated heterocycles. The van der Waals surface area contributed by atoms with E-state index in [-0.39, 0.29) is 18.4 Å². The Morgan fingerprint density at radius 3 is 2.31 bits per heavy atom. The number of amides is 2. The van der Waals surface area contributed by atoms with E-state index >= 15 is 0 Å². The highest BCUT2D eigenvalue weighted by molar-refractivity contribution is 5.83. The first-order valence-electron chi connectivity index (χ1n) is 8.66. The Bertz CT molecular complexity index is 731. The predicted octanol–water partition coefficient (Wildman–Crippen LogP) is 2.74. The average Bonchev–Trinajstić information content (AvgIpc) is 2.65. The number of hydrogen-bond donors (Lipinski definition) is 0. The molecular formula is C21H26N2O3. The summed E-state index contributed by atoms with van der Waals surface area (Å²) in [5, 5.41) is 0. The fraction of sp³-hybridized carbons (Fsp3) is 0.333. The number of rotatable bonds is 8. The molecule has 0 spiro atoms. The lowest BCUT2D eigenvalue weighted by atomic mass is 10.1. The first-order valence-corrected chi connectivity index (χ1v) is 8.66. The van der Waals surface area contributed by atoms with Crippen LogP contribution in [0.25, 0.3) is 0 Å². The summed E-state index contributed by atoms with van der Waals surface area (Å²) in [6, 6.07) is 17.5. The minimum absolute atomic E-state index is 0.0772. The predicted molar refractivity (Wildman–Crippen MR) is 102 cm³/mol. The van der Waals surface area contributed by atoms with Crippen molar-refractivity contribution in [3.8, 4) is 5.75 Å². The minimum atomic E-state index is -0.110. The summed E-state index contributed by atoms with van der Waals surface area (Å²) in [4.78, 5) is 27.7. The molecule has 2 amide bonds. The van der Waals surface area contributed by atoms with Crippen molar-refractivity contribution in [2.75, 3.05) is 27.2 Å². The number of ether oxygens (including phenoxy) is 1. The van der Waals surface area contributed by atoms with E-state index in [1.54, 1.807) is 24.0 Å². The lowest BCUT2D eigenvalue weighted by Gasteiger charge is -2.24. The van der Waals surface area contributed by atoms with Crippen LogP contribution in [0, 0.1) is 0 Å². The summed E-state index contributed by atoms with van der Waals surface area (Å²) in [5.74, 6) is 0.606. The molecule has 0 radical (unpaired) electrons. The maximum Gasteiger partial charge on any atom is 0.242 e. The van der Waals surface area contributed by atoms with E-state index in [9.17, 15) is 9.59 Å². The molecule has 138 valence electrons. The van der Waals surface area contributed by atoms with E-state index in [1.807, 2.05) is 54.6 Å². The van der Waals surface area contributed by atoms with Crippen molar-refractivity contribution < 1.29 is 14.3 Å². The van der Waals surface area contributed by atoms with Crippen molar-refractivity contribution in [3.05, 3.63) is 65.7 Å². The van der Waals surface area contributed by atoms with Gasteiger partial charge in [-0.25, -0.2) is 0 Å². The first kappa shape index (κ1) is 19.5. The molecule has 0 heterocycles. The van der Waals surface area contributed by atoms with Gasteiger partial charge in [0.1, 0.15) is 5.75 Å². The molecule has 0 atom stereocenters. The number of carbonyl (C=O) groups excluding carboxylic acids is 2. The third-order valence-corrected chi connectivity index (χ3v) is 4.30. The van der Waals surface area contributed by atoms with Gasteiger partial charge in [0.25, 0.3) is 0 Å². The molecule has 0 bridgehead atoms. The van der Waals surface area contributed by atoms with Gasteiger partial charge in [0, 0.05) is 27.1 Å². The standard InChI is InChI=1S/C21H26N2O3/c1-17(24)23(14-13-19-11-7-8-12-20(19)26-3)16-21(25)22(2)15-18-9-5-4-6-10-18/h4-12H,13-16H2,1-3H3. The van der Waals surface area contributed by atoms with Crippen LogP contribution in [0.15, 0.2) is 54.6 Å². The molecule has 0 aliphatic rings. The fourth-order valence-corrected chi connectivity index (χ4v) is 2.74.